The van der Waals surface area contributed by atoms with Crippen molar-refractivity contribution in [2.45, 2.75) is 38.3 Å². The number of nitrogens with zero attached hydrogens (tertiary/aromatic N) is 5. The van der Waals surface area contributed by atoms with E-state index >= 15 is 0 Å². The van der Waals surface area contributed by atoms with Crippen molar-refractivity contribution in [1.82, 2.24) is 20.0 Å². The van der Waals surface area contributed by atoms with Gasteiger partial charge in [-0.15, -0.1) is 22.6 Å². The largest absolute Gasteiger partial charge is 0.495 e. The van der Waals surface area contributed by atoms with E-state index in [9.17, 15) is 5.11 Å². The summed E-state index contributed by atoms with van der Waals surface area (Å²) in [5, 5.41) is 29.6. The minimum Gasteiger partial charge on any atom is -0.495 e. The molecule has 37 heavy (non-hydrogen) atoms. The van der Waals surface area contributed by atoms with Gasteiger partial charge in [0, 0.05) is 42.8 Å². The van der Waals surface area contributed by atoms with Crippen LogP contribution >= 0.6 is 24.0 Å². The molecule has 0 amide bonds. The van der Waals surface area contributed by atoms with Gasteiger partial charge in [-0.05, 0) is 73.1 Å². The van der Waals surface area contributed by atoms with Crippen molar-refractivity contribution in [2.75, 3.05) is 30.4 Å². The average molecular weight is 541 g/mol. The van der Waals surface area contributed by atoms with E-state index in [0.29, 0.717) is 28.5 Å². The molecule has 6 rings (SSSR count). The number of aliphatic hydroxyl groups is 1. The summed E-state index contributed by atoms with van der Waals surface area (Å²) in [5.41, 5.74) is 2.29. The van der Waals surface area contributed by atoms with Crippen LogP contribution in [0.25, 0.3) is 16.5 Å². The number of rotatable bonds is 6. The fourth-order valence-corrected chi connectivity index (χ4v) is 5.88. The summed E-state index contributed by atoms with van der Waals surface area (Å²) in [6.07, 6.45) is 7.60. The lowest BCUT2D eigenvalue weighted by atomic mass is 9.61. The maximum atomic E-state index is 9.84. The summed E-state index contributed by atoms with van der Waals surface area (Å²) >= 11 is 6.32. The highest BCUT2D eigenvalue weighted by molar-refractivity contribution is 6.32. The number of benzene rings is 2. The molecule has 0 unspecified atom stereocenters. The van der Waals surface area contributed by atoms with Crippen LogP contribution in [0.3, 0.4) is 0 Å². The first-order chi connectivity index (χ1) is 17.5. The minimum absolute atomic E-state index is 0. The first-order valence-electron chi connectivity index (χ1n) is 12.3. The second-order valence-corrected chi connectivity index (χ2v) is 10.3. The molecule has 2 aliphatic rings. The van der Waals surface area contributed by atoms with Gasteiger partial charge in [-0.2, -0.15) is 5.10 Å². The Morgan fingerprint density at radius 3 is 2.59 bits per heavy atom. The Bertz CT molecular complexity index is 1380. The van der Waals surface area contributed by atoms with Crippen LogP contribution < -0.4 is 15.0 Å². The first kappa shape index (κ1) is 25.6. The zero-order valence-corrected chi connectivity index (χ0v) is 22.2. The molecule has 194 valence electrons. The van der Waals surface area contributed by atoms with E-state index < -0.39 is 0 Å². The van der Waals surface area contributed by atoms with Gasteiger partial charge in [0.2, 0.25) is 0 Å². The van der Waals surface area contributed by atoms with Crippen LogP contribution in [0.5, 0.6) is 5.75 Å². The smallest absolute Gasteiger partial charge is 0.159 e. The molecule has 0 bridgehead atoms. The van der Waals surface area contributed by atoms with E-state index in [1.807, 2.05) is 35.1 Å². The van der Waals surface area contributed by atoms with Gasteiger partial charge in [-0.25, -0.2) is 4.68 Å². The van der Waals surface area contributed by atoms with Gasteiger partial charge < -0.3 is 20.1 Å². The number of aromatic nitrogens is 4. The van der Waals surface area contributed by atoms with Gasteiger partial charge in [0.05, 0.1) is 23.9 Å². The second-order valence-electron chi connectivity index (χ2n) is 9.92. The quantitative estimate of drug-likeness (QED) is 0.345. The summed E-state index contributed by atoms with van der Waals surface area (Å²) in [4.78, 5) is 2.34. The number of anilines is 2. The third kappa shape index (κ3) is 4.93. The zero-order valence-electron chi connectivity index (χ0n) is 20.6. The monoisotopic (exact) mass is 540 g/mol. The van der Waals surface area contributed by atoms with Crippen molar-refractivity contribution in [2.24, 2.45) is 5.41 Å². The predicted octanol–water partition coefficient (Wildman–Crippen LogP) is 5.25. The molecule has 1 aliphatic carbocycles. The number of fused-ring (bicyclic) bond motifs is 1. The molecule has 1 spiro atoms. The fourth-order valence-electron chi connectivity index (χ4n) is 5.60. The van der Waals surface area contributed by atoms with E-state index in [0.717, 1.165) is 66.6 Å². The number of hydrogen-bond acceptors (Lipinski definition) is 7. The Hall–Kier alpha value is -3.07. The molecule has 1 aliphatic heterocycles. The maximum absolute atomic E-state index is 9.84. The van der Waals surface area contributed by atoms with Gasteiger partial charge in [0.25, 0.3) is 0 Å². The molecule has 8 nitrogen and oxygen atoms in total. The lowest BCUT2D eigenvalue weighted by Crippen LogP contribution is -2.49. The number of aliphatic hydroxyl groups excluding tert-OH is 1. The molecule has 3 heterocycles. The fraction of sp³-hybridized carbons (Fsp3) is 0.370. The molecule has 2 N–H and O–H groups in total. The van der Waals surface area contributed by atoms with Crippen molar-refractivity contribution in [3.63, 3.8) is 0 Å². The molecule has 0 atom stereocenters. The normalized spacial score (nSPS) is 16.9. The number of nitrogens with one attached hydrogen (secondary N) is 1. The molecule has 1 saturated carbocycles. The first-order valence-corrected chi connectivity index (χ1v) is 12.7. The van der Waals surface area contributed by atoms with Crippen LogP contribution in [0.4, 0.5) is 11.6 Å². The Morgan fingerprint density at radius 1 is 1.11 bits per heavy atom. The SMILES string of the molecule is COc1ccc(CNc2nnc(N3CCC4(CC3)CC(O)C4)c3ccc(-n4cccn4)cc23)cc1Cl.Cl. The van der Waals surface area contributed by atoms with E-state index in [1.165, 1.54) is 0 Å². The lowest BCUT2D eigenvalue weighted by molar-refractivity contribution is -0.0464. The minimum atomic E-state index is -0.121. The Morgan fingerprint density at radius 2 is 1.92 bits per heavy atom. The van der Waals surface area contributed by atoms with Crippen LogP contribution in [0, 0.1) is 5.41 Å². The van der Waals surface area contributed by atoms with Gasteiger partial charge >= 0.3 is 0 Å². The van der Waals surface area contributed by atoms with Gasteiger partial charge in [0.15, 0.2) is 11.6 Å². The summed E-state index contributed by atoms with van der Waals surface area (Å²) in [7, 11) is 1.61. The predicted molar refractivity (Wildman–Crippen MR) is 148 cm³/mol. The lowest BCUT2D eigenvalue weighted by Gasteiger charge is -2.50. The van der Waals surface area contributed by atoms with Gasteiger partial charge in [0.1, 0.15) is 5.75 Å². The number of ether oxygens (including phenoxy) is 1. The second kappa shape index (κ2) is 10.4. The van der Waals surface area contributed by atoms with E-state index in [-0.39, 0.29) is 18.5 Å². The number of hydrogen-bond donors (Lipinski definition) is 2. The highest BCUT2D eigenvalue weighted by atomic mass is 35.5. The van der Waals surface area contributed by atoms with Crippen LogP contribution in [-0.4, -0.2) is 51.4 Å². The molecule has 2 aromatic heterocycles. The number of methoxy groups -OCH3 is 1. The summed E-state index contributed by atoms with van der Waals surface area (Å²) in [6.45, 7) is 2.40. The maximum Gasteiger partial charge on any atom is 0.159 e. The molecule has 10 heteroatoms. The standard InChI is InChI=1S/C27H29ClN6O2.ClH/c1-36-24-6-3-18(13-23(24)28)17-29-25-22-14-19(34-10-2-9-30-34)4-5-21(22)26(32-31-25)33-11-7-27(8-12-33)15-20(35)16-27;/h2-6,9-10,13-14,20,35H,7-8,11-12,15-17H2,1H3,(H,29,31);1H. The van der Waals surface area contributed by atoms with Crippen molar-refractivity contribution >= 4 is 46.4 Å². The highest BCUT2D eigenvalue weighted by Gasteiger charge is 2.45. The summed E-state index contributed by atoms with van der Waals surface area (Å²) in [6, 6.07) is 14.0. The van der Waals surface area contributed by atoms with Gasteiger partial charge in [-0.1, -0.05) is 17.7 Å². The molecular weight excluding hydrogens is 511 g/mol. The number of halogens is 2. The topological polar surface area (TPSA) is 88.3 Å². The molecule has 2 fully saturated rings. The zero-order chi connectivity index (χ0) is 24.7. The third-order valence-corrected chi connectivity index (χ3v) is 7.95. The van der Waals surface area contributed by atoms with E-state index in [4.69, 9.17) is 16.3 Å². The van der Waals surface area contributed by atoms with E-state index in [2.05, 4.69) is 43.7 Å². The van der Waals surface area contributed by atoms with Crippen LogP contribution in [-0.2, 0) is 6.54 Å². The van der Waals surface area contributed by atoms with E-state index in [1.54, 1.807) is 13.3 Å². The number of piperidine rings is 1. The van der Waals surface area contributed by atoms with Crippen molar-refractivity contribution < 1.29 is 9.84 Å². The van der Waals surface area contributed by atoms with Crippen LogP contribution in [0.2, 0.25) is 5.02 Å². The Labute approximate surface area is 227 Å². The molecule has 0 radical (unpaired) electrons. The summed E-state index contributed by atoms with van der Waals surface area (Å²) < 4.78 is 7.12. The van der Waals surface area contributed by atoms with Crippen molar-refractivity contribution in [3.8, 4) is 11.4 Å². The third-order valence-electron chi connectivity index (χ3n) is 7.65. The van der Waals surface area contributed by atoms with Crippen LogP contribution in [0.1, 0.15) is 31.2 Å². The molecular formula is C27H30Cl2N6O2. The van der Waals surface area contributed by atoms with Crippen molar-refractivity contribution in [3.05, 3.63) is 65.4 Å². The van der Waals surface area contributed by atoms with Crippen LogP contribution in [0.15, 0.2) is 54.9 Å². The molecule has 2 aromatic carbocycles. The Kier molecular flexibility index (Phi) is 7.16. The summed E-state index contributed by atoms with van der Waals surface area (Å²) in [5.74, 6) is 2.27. The molecule has 4 aromatic rings. The Balaban J connectivity index is 0.00000280. The molecule has 1 saturated heterocycles. The van der Waals surface area contributed by atoms with Gasteiger partial charge in [-0.3, -0.25) is 0 Å². The van der Waals surface area contributed by atoms with Crippen molar-refractivity contribution in [1.29, 1.82) is 0 Å². The average Bonchev–Trinajstić information content (AvgIpc) is 3.42. The highest BCUT2D eigenvalue weighted by Crippen LogP contribution is 2.49.